The number of ether oxygens (including phenoxy) is 1. The lowest BCUT2D eigenvalue weighted by Gasteiger charge is -2.39. The molecule has 2 heterocycles. The molecule has 1 fully saturated rings. The lowest BCUT2D eigenvalue weighted by atomic mass is 9.80. The first kappa shape index (κ1) is 28.8. The summed E-state index contributed by atoms with van der Waals surface area (Å²) in [7, 11) is -3.94. The quantitative estimate of drug-likeness (QED) is 0.475. The molecule has 0 unspecified atom stereocenters. The Bertz CT molecular complexity index is 1430. The van der Waals surface area contributed by atoms with Crippen molar-refractivity contribution in [3.63, 3.8) is 0 Å². The number of fused-ring (bicyclic) bond motifs is 3. The molecular formula is C32H37N3O5S. The van der Waals surface area contributed by atoms with Crippen LogP contribution >= 0.6 is 0 Å². The molecule has 0 saturated carbocycles. The number of benzene rings is 3. The van der Waals surface area contributed by atoms with E-state index in [2.05, 4.69) is 5.32 Å². The fraction of sp³-hybridized carbons (Fsp3) is 0.375. The monoisotopic (exact) mass is 575 g/mol. The predicted molar refractivity (Wildman–Crippen MR) is 156 cm³/mol. The molecule has 216 valence electrons. The van der Waals surface area contributed by atoms with Crippen molar-refractivity contribution in [2.75, 3.05) is 26.2 Å². The molecule has 5 rings (SSSR count). The lowest BCUT2D eigenvalue weighted by Crippen LogP contribution is -2.49. The zero-order valence-corrected chi connectivity index (χ0v) is 24.0. The molecule has 3 aromatic rings. The molecule has 1 N–H and O–H groups in total. The maximum absolute atomic E-state index is 13.7. The van der Waals surface area contributed by atoms with Gasteiger partial charge in [-0.15, -0.1) is 0 Å². The van der Waals surface area contributed by atoms with Crippen molar-refractivity contribution in [3.8, 4) is 5.75 Å². The highest BCUT2D eigenvalue weighted by Crippen LogP contribution is 2.32. The summed E-state index contributed by atoms with van der Waals surface area (Å²) in [4.78, 5) is 28.4. The van der Waals surface area contributed by atoms with E-state index in [0.29, 0.717) is 50.4 Å². The highest BCUT2D eigenvalue weighted by Gasteiger charge is 2.35. The van der Waals surface area contributed by atoms with Gasteiger partial charge in [-0.2, -0.15) is 4.31 Å². The Hall–Kier alpha value is -3.69. The smallest absolute Gasteiger partial charge is 0.243 e. The van der Waals surface area contributed by atoms with Crippen molar-refractivity contribution in [1.82, 2.24) is 14.5 Å². The first-order chi connectivity index (χ1) is 19.9. The summed E-state index contributed by atoms with van der Waals surface area (Å²) in [6.45, 7) is 1.72. The summed E-state index contributed by atoms with van der Waals surface area (Å²) >= 11 is 0. The van der Waals surface area contributed by atoms with E-state index >= 15 is 0 Å². The van der Waals surface area contributed by atoms with Crippen molar-refractivity contribution < 1.29 is 22.7 Å². The molecular weight excluding hydrogens is 538 g/mol. The number of nitrogens with one attached hydrogen (secondary N) is 1. The van der Waals surface area contributed by atoms with E-state index in [0.717, 1.165) is 18.4 Å². The molecule has 0 radical (unpaired) electrons. The van der Waals surface area contributed by atoms with Crippen LogP contribution in [0.5, 0.6) is 5.75 Å². The molecule has 2 aliphatic rings. The number of hydrogen-bond donors (Lipinski definition) is 1. The zero-order chi connectivity index (χ0) is 28.7. The van der Waals surface area contributed by atoms with E-state index in [4.69, 9.17) is 4.74 Å². The first-order valence-electron chi connectivity index (χ1n) is 14.2. The molecule has 0 spiro atoms. The van der Waals surface area contributed by atoms with Gasteiger partial charge < -0.3 is 15.0 Å². The number of para-hydroxylation sites is 1. The standard InChI is InChI=1S/C32H37N3O5S/c36-31(33-21-25-10-3-1-4-11-25)20-26-17-18-34-22-27(26)13-9-19-40-30-16-8-7-12-28(30)23-35(24-32(34)37)41(38,39)29-14-5-2-6-15-29/h1-8,10-12,14-16,26-27H,9,13,17-24H2,(H,33,36)/t26-,27-/m0/s1. The highest BCUT2D eigenvalue weighted by atomic mass is 32.2. The van der Waals surface area contributed by atoms with Gasteiger partial charge in [0.1, 0.15) is 5.75 Å². The van der Waals surface area contributed by atoms with Gasteiger partial charge in [0.25, 0.3) is 0 Å². The average molecular weight is 576 g/mol. The van der Waals surface area contributed by atoms with Crippen LogP contribution < -0.4 is 10.1 Å². The molecule has 0 aliphatic carbocycles. The Labute approximate surface area is 242 Å². The highest BCUT2D eigenvalue weighted by molar-refractivity contribution is 7.89. The SMILES string of the molecule is O=C(C[C@@H]1CCN2C[C@@H]1CCCOc1ccccc1CN(S(=O)(=O)c1ccccc1)CC2=O)NCc1ccccc1. The Morgan fingerprint density at radius 2 is 1.61 bits per heavy atom. The second kappa shape index (κ2) is 13.3. The van der Waals surface area contributed by atoms with Gasteiger partial charge in [0.2, 0.25) is 21.8 Å². The molecule has 2 bridgehead atoms. The topological polar surface area (TPSA) is 96.0 Å². The van der Waals surface area contributed by atoms with Gasteiger partial charge in [0.15, 0.2) is 0 Å². The summed E-state index contributed by atoms with van der Waals surface area (Å²) in [5.41, 5.74) is 1.76. The first-order valence-corrected chi connectivity index (χ1v) is 15.7. The maximum atomic E-state index is 13.7. The van der Waals surface area contributed by atoms with Crippen LogP contribution in [0.2, 0.25) is 0 Å². The number of sulfonamides is 1. The van der Waals surface area contributed by atoms with Crippen LogP contribution in [0.1, 0.15) is 36.8 Å². The minimum absolute atomic E-state index is 0.00635. The van der Waals surface area contributed by atoms with Crippen LogP contribution in [0.4, 0.5) is 0 Å². The van der Waals surface area contributed by atoms with Gasteiger partial charge >= 0.3 is 0 Å². The summed E-state index contributed by atoms with van der Waals surface area (Å²) in [6, 6.07) is 25.4. The number of piperidine rings is 1. The third-order valence-corrected chi connectivity index (χ3v) is 9.82. The third kappa shape index (κ3) is 7.34. The number of rotatable bonds is 6. The molecule has 0 aromatic heterocycles. The van der Waals surface area contributed by atoms with Crippen molar-refractivity contribution in [3.05, 3.63) is 96.1 Å². The molecule has 2 amide bonds. The van der Waals surface area contributed by atoms with Crippen LogP contribution in [0.25, 0.3) is 0 Å². The molecule has 3 aromatic carbocycles. The zero-order valence-electron chi connectivity index (χ0n) is 23.2. The Morgan fingerprint density at radius 3 is 2.39 bits per heavy atom. The summed E-state index contributed by atoms with van der Waals surface area (Å²) in [5, 5.41) is 3.04. The van der Waals surface area contributed by atoms with E-state index in [1.165, 1.54) is 4.31 Å². The van der Waals surface area contributed by atoms with Crippen molar-refractivity contribution in [2.45, 2.75) is 43.7 Å². The lowest BCUT2D eigenvalue weighted by molar-refractivity contribution is -0.134. The van der Waals surface area contributed by atoms with E-state index in [9.17, 15) is 18.0 Å². The Balaban J connectivity index is 1.34. The number of carbonyl (C=O) groups is 2. The van der Waals surface area contributed by atoms with Gasteiger partial charge in [-0.05, 0) is 54.9 Å². The normalized spacial score (nSPS) is 20.5. The van der Waals surface area contributed by atoms with Crippen LogP contribution in [0.3, 0.4) is 0 Å². The van der Waals surface area contributed by atoms with Gasteiger partial charge in [0.05, 0.1) is 18.0 Å². The second-order valence-electron chi connectivity index (χ2n) is 10.8. The van der Waals surface area contributed by atoms with Crippen molar-refractivity contribution in [1.29, 1.82) is 0 Å². The molecule has 2 atom stereocenters. The maximum Gasteiger partial charge on any atom is 0.243 e. The van der Waals surface area contributed by atoms with Crippen LogP contribution in [-0.2, 0) is 32.7 Å². The number of carbonyl (C=O) groups excluding carboxylic acids is 2. The minimum atomic E-state index is -3.94. The van der Waals surface area contributed by atoms with Crippen molar-refractivity contribution in [2.24, 2.45) is 11.8 Å². The van der Waals surface area contributed by atoms with E-state index in [1.54, 1.807) is 35.2 Å². The van der Waals surface area contributed by atoms with E-state index in [-0.39, 0.29) is 41.6 Å². The molecule has 9 heteroatoms. The second-order valence-corrected chi connectivity index (χ2v) is 12.7. The fourth-order valence-corrected chi connectivity index (χ4v) is 7.11. The van der Waals surface area contributed by atoms with Crippen LogP contribution in [0.15, 0.2) is 89.8 Å². The molecule has 41 heavy (non-hydrogen) atoms. The summed E-state index contributed by atoms with van der Waals surface area (Å²) < 4.78 is 34.8. The van der Waals surface area contributed by atoms with Crippen LogP contribution in [-0.4, -0.2) is 55.7 Å². The molecule has 1 saturated heterocycles. The van der Waals surface area contributed by atoms with Crippen LogP contribution in [0, 0.1) is 11.8 Å². The Kier molecular flexibility index (Phi) is 9.36. The number of hydrogen-bond acceptors (Lipinski definition) is 5. The average Bonchev–Trinajstić information content (AvgIpc) is 3.00. The number of amides is 2. The van der Waals surface area contributed by atoms with Gasteiger partial charge in [-0.25, -0.2) is 8.42 Å². The third-order valence-electron chi connectivity index (χ3n) is 8.01. The van der Waals surface area contributed by atoms with Gasteiger partial charge in [-0.3, -0.25) is 9.59 Å². The van der Waals surface area contributed by atoms with Crippen molar-refractivity contribution >= 4 is 21.8 Å². The summed E-state index contributed by atoms with van der Waals surface area (Å²) in [6.07, 6.45) is 2.68. The molecule has 8 nitrogen and oxygen atoms in total. The summed E-state index contributed by atoms with van der Waals surface area (Å²) in [5.74, 6) is 0.656. The number of nitrogens with zero attached hydrogens (tertiary/aromatic N) is 2. The van der Waals surface area contributed by atoms with E-state index in [1.807, 2.05) is 54.6 Å². The fourth-order valence-electron chi connectivity index (χ4n) is 5.72. The Morgan fingerprint density at radius 1 is 0.902 bits per heavy atom. The van der Waals surface area contributed by atoms with Gasteiger partial charge in [0, 0.05) is 38.2 Å². The van der Waals surface area contributed by atoms with Gasteiger partial charge in [-0.1, -0.05) is 66.7 Å². The largest absolute Gasteiger partial charge is 0.493 e. The minimum Gasteiger partial charge on any atom is -0.493 e. The molecule has 2 aliphatic heterocycles. The predicted octanol–water partition coefficient (Wildman–Crippen LogP) is 4.22. The van der Waals surface area contributed by atoms with E-state index < -0.39 is 10.0 Å².